The zero-order valence-electron chi connectivity index (χ0n) is 20.3. The summed E-state index contributed by atoms with van der Waals surface area (Å²) in [6.45, 7) is 4.38. The van der Waals surface area contributed by atoms with E-state index in [0.717, 1.165) is 16.7 Å². The lowest BCUT2D eigenvalue weighted by molar-refractivity contribution is -0.143. The number of hydrogen-bond acceptors (Lipinski definition) is 6. The highest BCUT2D eigenvalue weighted by molar-refractivity contribution is 6.10. The fourth-order valence-corrected chi connectivity index (χ4v) is 5.26. The van der Waals surface area contributed by atoms with Gasteiger partial charge in [-0.15, -0.1) is 0 Å². The summed E-state index contributed by atoms with van der Waals surface area (Å²) in [7, 11) is 0. The predicted octanol–water partition coefficient (Wildman–Crippen LogP) is 2.72. The number of imide groups is 1. The number of rotatable bonds is 6. The molecule has 36 heavy (non-hydrogen) atoms. The Morgan fingerprint density at radius 3 is 2.25 bits per heavy atom. The Hall–Kier alpha value is -4.07. The van der Waals surface area contributed by atoms with Crippen LogP contribution >= 0.6 is 0 Å². The molecule has 3 amide bonds. The van der Waals surface area contributed by atoms with Crippen LogP contribution < -0.4 is 4.90 Å². The van der Waals surface area contributed by atoms with Gasteiger partial charge >= 0.3 is 0 Å². The summed E-state index contributed by atoms with van der Waals surface area (Å²) in [5, 5.41) is 0. The highest BCUT2D eigenvalue weighted by Crippen LogP contribution is 2.42. The largest absolute Gasteiger partial charge is 0.339 e. The number of aromatic nitrogens is 2. The maximum Gasteiger partial charge on any atom is 0.241 e. The molecule has 1 atom stereocenters. The van der Waals surface area contributed by atoms with Crippen molar-refractivity contribution < 1.29 is 14.4 Å². The Morgan fingerprint density at radius 2 is 1.56 bits per heavy atom. The van der Waals surface area contributed by atoms with Crippen LogP contribution in [0.25, 0.3) is 0 Å². The molecule has 3 heterocycles. The average molecular weight is 484 g/mol. The number of piperazine rings is 1. The molecule has 5 rings (SSSR count). The minimum absolute atomic E-state index is 0.00686. The Balaban J connectivity index is 1.38. The molecule has 0 saturated carbocycles. The molecule has 2 fully saturated rings. The Morgan fingerprint density at radius 1 is 0.889 bits per heavy atom. The highest BCUT2D eigenvalue weighted by atomic mass is 16.2. The lowest BCUT2D eigenvalue weighted by atomic mass is 9.74. The van der Waals surface area contributed by atoms with Crippen LogP contribution in [0, 0.1) is 6.92 Å². The van der Waals surface area contributed by atoms with E-state index in [1.54, 1.807) is 23.4 Å². The summed E-state index contributed by atoms with van der Waals surface area (Å²) in [4.78, 5) is 54.5. The second-order valence-electron chi connectivity index (χ2n) is 9.44. The number of hydrogen-bond donors (Lipinski definition) is 0. The highest BCUT2D eigenvalue weighted by Gasteiger charge is 2.54. The molecule has 0 spiro atoms. The third-order valence-electron chi connectivity index (χ3n) is 7.17. The second-order valence-corrected chi connectivity index (χ2v) is 9.44. The number of nitrogens with zero attached hydrogens (tertiary/aromatic N) is 5. The second kappa shape index (κ2) is 9.89. The maximum absolute atomic E-state index is 14.0. The summed E-state index contributed by atoms with van der Waals surface area (Å²) >= 11 is 0. The van der Waals surface area contributed by atoms with E-state index in [1.165, 1.54) is 4.90 Å². The number of likely N-dealkylation sites (tertiary alicyclic amines) is 1. The Kier molecular flexibility index (Phi) is 6.50. The molecule has 8 heteroatoms. The Labute approximate surface area is 210 Å². The fraction of sp³-hybridized carbons (Fsp3) is 0.321. The normalized spacial score (nSPS) is 20.2. The van der Waals surface area contributed by atoms with E-state index in [1.807, 2.05) is 66.4 Å². The molecule has 0 radical (unpaired) electrons. The molecule has 2 saturated heterocycles. The first-order valence-electron chi connectivity index (χ1n) is 12.2. The fourth-order valence-electron chi connectivity index (χ4n) is 5.26. The molecular formula is C28H29N5O3. The van der Waals surface area contributed by atoms with Crippen molar-refractivity contribution in [3.8, 4) is 0 Å². The van der Waals surface area contributed by atoms with Crippen molar-refractivity contribution in [2.24, 2.45) is 0 Å². The molecule has 1 aromatic heterocycles. The molecule has 1 unspecified atom stereocenters. The van der Waals surface area contributed by atoms with E-state index in [2.05, 4.69) is 9.97 Å². The van der Waals surface area contributed by atoms with Crippen LogP contribution in [0.3, 0.4) is 0 Å². The standard InChI is InChI=1S/C28H29N5O3/c1-21-8-5-6-11-23(21)28(19-25(35)33(26(28)36)20-22-9-3-2-4-10-22)18-24(34)31-14-16-32(17-15-31)27-29-12-7-13-30-27/h2-13H,14-20H2,1H3. The van der Waals surface area contributed by atoms with Gasteiger partial charge in [-0.3, -0.25) is 19.3 Å². The van der Waals surface area contributed by atoms with E-state index in [-0.39, 0.29) is 37.1 Å². The molecule has 0 bridgehead atoms. The van der Waals surface area contributed by atoms with Gasteiger partial charge in [0.15, 0.2) is 0 Å². The zero-order valence-corrected chi connectivity index (χ0v) is 20.3. The topological polar surface area (TPSA) is 86.7 Å². The van der Waals surface area contributed by atoms with E-state index in [0.29, 0.717) is 32.1 Å². The van der Waals surface area contributed by atoms with Gasteiger partial charge in [-0.05, 0) is 29.7 Å². The van der Waals surface area contributed by atoms with Crippen LogP contribution in [-0.2, 0) is 26.3 Å². The number of amides is 3. The summed E-state index contributed by atoms with van der Waals surface area (Å²) in [6, 6.07) is 18.8. The molecular weight excluding hydrogens is 454 g/mol. The number of carbonyl (C=O) groups is 3. The third-order valence-corrected chi connectivity index (χ3v) is 7.17. The lowest BCUT2D eigenvalue weighted by Gasteiger charge is -2.37. The van der Waals surface area contributed by atoms with Gasteiger partial charge in [-0.2, -0.15) is 0 Å². The first-order valence-corrected chi connectivity index (χ1v) is 12.2. The molecule has 0 N–H and O–H groups in total. The van der Waals surface area contributed by atoms with Crippen molar-refractivity contribution in [1.29, 1.82) is 0 Å². The SMILES string of the molecule is Cc1ccccc1C1(CC(=O)N2CCN(c3ncccn3)CC2)CC(=O)N(Cc2ccccc2)C1=O. The van der Waals surface area contributed by atoms with Crippen LogP contribution in [-0.4, -0.2) is 63.7 Å². The van der Waals surface area contributed by atoms with Gasteiger partial charge in [0, 0.05) is 51.4 Å². The monoisotopic (exact) mass is 483 g/mol. The van der Waals surface area contributed by atoms with E-state index in [9.17, 15) is 14.4 Å². The number of benzene rings is 2. The van der Waals surface area contributed by atoms with Crippen molar-refractivity contribution in [2.45, 2.75) is 31.7 Å². The van der Waals surface area contributed by atoms with Gasteiger partial charge in [0.05, 0.1) is 12.0 Å². The predicted molar refractivity (Wildman–Crippen MR) is 135 cm³/mol. The van der Waals surface area contributed by atoms with Crippen LogP contribution in [0.15, 0.2) is 73.1 Å². The number of aryl methyl sites for hydroxylation is 1. The van der Waals surface area contributed by atoms with Crippen molar-refractivity contribution in [3.63, 3.8) is 0 Å². The van der Waals surface area contributed by atoms with Gasteiger partial charge in [0.1, 0.15) is 0 Å². The molecule has 8 nitrogen and oxygen atoms in total. The van der Waals surface area contributed by atoms with Crippen LogP contribution in [0.2, 0.25) is 0 Å². The van der Waals surface area contributed by atoms with Gasteiger partial charge < -0.3 is 9.80 Å². The quantitative estimate of drug-likeness (QED) is 0.501. The van der Waals surface area contributed by atoms with E-state index >= 15 is 0 Å². The number of carbonyl (C=O) groups excluding carboxylic acids is 3. The van der Waals surface area contributed by atoms with Gasteiger partial charge in [-0.1, -0.05) is 54.6 Å². The van der Waals surface area contributed by atoms with Crippen molar-refractivity contribution >= 4 is 23.7 Å². The van der Waals surface area contributed by atoms with Crippen LogP contribution in [0.4, 0.5) is 5.95 Å². The molecule has 2 aliphatic heterocycles. The van der Waals surface area contributed by atoms with Crippen LogP contribution in [0.5, 0.6) is 0 Å². The Bertz CT molecular complexity index is 1260. The van der Waals surface area contributed by atoms with E-state index in [4.69, 9.17) is 0 Å². The summed E-state index contributed by atoms with van der Waals surface area (Å²) in [5.74, 6) is -0.00929. The molecule has 2 aromatic carbocycles. The smallest absolute Gasteiger partial charge is 0.241 e. The van der Waals surface area contributed by atoms with E-state index < -0.39 is 5.41 Å². The molecule has 3 aromatic rings. The average Bonchev–Trinajstić information content (AvgIpc) is 3.14. The van der Waals surface area contributed by atoms with Crippen molar-refractivity contribution in [1.82, 2.24) is 19.8 Å². The van der Waals surface area contributed by atoms with Crippen LogP contribution in [0.1, 0.15) is 29.5 Å². The van der Waals surface area contributed by atoms with Gasteiger partial charge in [-0.25, -0.2) is 9.97 Å². The summed E-state index contributed by atoms with van der Waals surface area (Å²) in [6.07, 6.45) is 3.37. The maximum atomic E-state index is 14.0. The molecule has 2 aliphatic rings. The minimum atomic E-state index is -1.20. The third kappa shape index (κ3) is 4.46. The first kappa shape index (κ1) is 23.7. The van der Waals surface area contributed by atoms with Crippen molar-refractivity contribution in [3.05, 3.63) is 89.7 Å². The zero-order chi connectivity index (χ0) is 25.1. The summed E-state index contributed by atoms with van der Waals surface area (Å²) in [5.41, 5.74) is 1.33. The molecule has 0 aliphatic carbocycles. The summed E-state index contributed by atoms with van der Waals surface area (Å²) < 4.78 is 0. The van der Waals surface area contributed by atoms with Gasteiger partial charge in [0.25, 0.3) is 0 Å². The number of anilines is 1. The van der Waals surface area contributed by atoms with Gasteiger partial charge in [0.2, 0.25) is 23.7 Å². The minimum Gasteiger partial charge on any atom is -0.339 e. The molecule has 184 valence electrons. The first-order chi connectivity index (χ1) is 17.5. The van der Waals surface area contributed by atoms with Crippen molar-refractivity contribution in [2.75, 3.05) is 31.1 Å². The lowest BCUT2D eigenvalue weighted by Crippen LogP contribution is -2.51.